The Morgan fingerprint density at radius 1 is 0.536 bits per heavy atom. The van der Waals surface area contributed by atoms with E-state index in [1.165, 1.54) is 11.4 Å². The van der Waals surface area contributed by atoms with Crippen LogP contribution in [0.25, 0.3) is 0 Å². The van der Waals surface area contributed by atoms with Crippen molar-refractivity contribution in [1.82, 2.24) is 9.97 Å². The largest absolute Gasteiger partial charge is 0.494 e. The fourth-order valence-corrected chi connectivity index (χ4v) is 7.39. The van der Waals surface area contributed by atoms with Gasteiger partial charge < -0.3 is 39.1 Å². The minimum atomic E-state index is -0.513. The van der Waals surface area contributed by atoms with Gasteiger partial charge in [-0.3, -0.25) is 9.97 Å². The van der Waals surface area contributed by atoms with E-state index >= 15 is 0 Å². The smallest absolute Gasteiger partial charge is 0.399 e. The van der Waals surface area contributed by atoms with Crippen molar-refractivity contribution in [3.05, 3.63) is 101 Å². The maximum absolute atomic E-state index is 10.2. The summed E-state index contributed by atoms with van der Waals surface area (Å²) in [6, 6.07) is 25.1. The standard InChI is InChI=1S/C25H36BN3O3.C19H24BrN3O/c1-18(2)23(30)22-12-11-21(17-27-22)29-15-13-28(14-16-29)20-9-7-19(8-10-20)26-31-24(3,4)25(5,6)32-26;1-14(2)19(24)18-8-7-17(13-21-18)23-11-9-22(10-12-23)16-5-3-15(20)4-6-16/h7-12,17-18,23,30H,13-16H2,1-6H3;3-8,13-14,19,24H,9-12H2,1-2H3. The lowest BCUT2D eigenvalue weighted by Gasteiger charge is -2.37. The Bertz CT molecular complexity index is 1810. The Labute approximate surface area is 343 Å². The minimum absolute atomic E-state index is 0.160. The first-order valence-corrected chi connectivity index (χ1v) is 20.9. The van der Waals surface area contributed by atoms with Gasteiger partial charge in [-0.05, 0) is 106 Å². The number of aliphatic hydroxyl groups is 2. The molecule has 56 heavy (non-hydrogen) atoms. The number of halogens is 1. The summed E-state index contributed by atoms with van der Waals surface area (Å²) in [6.07, 6.45) is 2.76. The van der Waals surface area contributed by atoms with E-state index in [9.17, 15) is 10.2 Å². The van der Waals surface area contributed by atoms with Gasteiger partial charge in [0.25, 0.3) is 0 Å². The van der Waals surface area contributed by atoms with Crippen LogP contribution in [0.4, 0.5) is 22.7 Å². The zero-order chi connectivity index (χ0) is 40.2. The van der Waals surface area contributed by atoms with Crippen molar-refractivity contribution in [2.24, 2.45) is 11.8 Å². The number of aromatic nitrogens is 2. The molecule has 0 radical (unpaired) electrons. The van der Waals surface area contributed by atoms with Gasteiger partial charge in [-0.25, -0.2) is 0 Å². The van der Waals surface area contributed by atoms with Crippen LogP contribution >= 0.6 is 15.9 Å². The van der Waals surface area contributed by atoms with E-state index in [1.54, 1.807) is 0 Å². The number of rotatable bonds is 9. The molecule has 3 saturated heterocycles. The molecule has 0 saturated carbocycles. The lowest BCUT2D eigenvalue weighted by Crippen LogP contribution is -2.46. The zero-order valence-electron chi connectivity index (χ0n) is 34.4. The Morgan fingerprint density at radius 2 is 0.857 bits per heavy atom. The van der Waals surface area contributed by atoms with Crippen molar-refractivity contribution < 1.29 is 19.5 Å². The van der Waals surface area contributed by atoms with E-state index in [4.69, 9.17) is 9.31 Å². The normalized spacial score (nSPS) is 19.3. The van der Waals surface area contributed by atoms with Gasteiger partial charge in [0, 0.05) is 68.2 Å². The minimum Gasteiger partial charge on any atom is -0.399 e. The molecule has 3 fully saturated rings. The third-order valence-corrected chi connectivity index (χ3v) is 12.2. The third-order valence-electron chi connectivity index (χ3n) is 11.7. The fourth-order valence-electron chi connectivity index (χ4n) is 7.12. The number of piperazine rings is 2. The van der Waals surface area contributed by atoms with Crippen LogP contribution < -0.4 is 25.1 Å². The quantitative estimate of drug-likeness (QED) is 0.168. The number of aliphatic hydroxyl groups excluding tert-OH is 2. The Balaban J connectivity index is 0.000000198. The van der Waals surface area contributed by atoms with Gasteiger partial charge in [0.2, 0.25) is 0 Å². The number of pyridine rings is 2. The molecule has 5 heterocycles. The van der Waals surface area contributed by atoms with Crippen LogP contribution in [0.3, 0.4) is 0 Å². The lowest BCUT2D eigenvalue weighted by molar-refractivity contribution is 0.00578. The molecule has 2 atom stereocenters. The predicted molar refractivity (Wildman–Crippen MR) is 233 cm³/mol. The van der Waals surface area contributed by atoms with Gasteiger partial charge >= 0.3 is 7.12 Å². The van der Waals surface area contributed by atoms with Crippen LogP contribution in [-0.4, -0.2) is 90.9 Å². The van der Waals surface area contributed by atoms with Crippen molar-refractivity contribution in [3.63, 3.8) is 0 Å². The van der Waals surface area contributed by atoms with Crippen molar-refractivity contribution in [1.29, 1.82) is 0 Å². The average molecular weight is 828 g/mol. The summed E-state index contributed by atoms with van der Waals surface area (Å²) in [5.41, 5.74) is 6.63. The Kier molecular flexibility index (Phi) is 13.4. The van der Waals surface area contributed by atoms with Crippen LogP contribution in [0.1, 0.15) is 79.0 Å². The molecule has 300 valence electrons. The second kappa shape index (κ2) is 17.9. The van der Waals surface area contributed by atoms with Crippen LogP contribution in [0, 0.1) is 11.8 Å². The Hall–Kier alpha value is -3.68. The topological polar surface area (TPSA) is 97.7 Å². The highest BCUT2D eigenvalue weighted by molar-refractivity contribution is 9.10. The van der Waals surface area contributed by atoms with E-state index in [1.807, 2.05) is 52.2 Å². The van der Waals surface area contributed by atoms with Gasteiger partial charge in [-0.1, -0.05) is 55.8 Å². The maximum atomic E-state index is 10.2. The average Bonchev–Trinajstić information content (AvgIpc) is 3.43. The number of anilines is 4. The monoisotopic (exact) mass is 826 g/mol. The van der Waals surface area contributed by atoms with Crippen LogP contribution in [0.15, 0.2) is 89.7 Å². The maximum Gasteiger partial charge on any atom is 0.494 e. The van der Waals surface area contributed by atoms with E-state index in [2.05, 4.69) is 134 Å². The second-order valence-electron chi connectivity index (χ2n) is 16.9. The molecule has 3 aliphatic rings. The summed E-state index contributed by atoms with van der Waals surface area (Å²) in [4.78, 5) is 18.5. The molecule has 10 nitrogen and oxygen atoms in total. The first kappa shape index (κ1) is 41.9. The molecular weight excluding hydrogens is 767 g/mol. The summed E-state index contributed by atoms with van der Waals surface area (Å²) in [5, 5.41) is 20.3. The van der Waals surface area contributed by atoms with Crippen molar-refractivity contribution >= 4 is 51.3 Å². The lowest BCUT2D eigenvalue weighted by atomic mass is 9.79. The highest BCUT2D eigenvalue weighted by Crippen LogP contribution is 2.36. The van der Waals surface area contributed by atoms with Crippen molar-refractivity contribution in [3.8, 4) is 0 Å². The predicted octanol–water partition coefficient (Wildman–Crippen LogP) is 7.26. The Morgan fingerprint density at radius 3 is 1.18 bits per heavy atom. The molecule has 4 aromatic rings. The van der Waals surface area contributed by atoms with E-state index in [0.717, 1.165) is 85.1 Å². The number of hydrogen-bond donors (Lipinski definition) is 2. The third kappa shape index (κ3) is 9.88. The molecule has 2 aromatic carbocycles. The first-order valence-electron chi connectivity index (χ1n) is 20.1. The molecule has 2 aromatic heterocycles. The molecule has 3 aliphatic heterocycles. The first-order chi connectivity index (χ1) is 26.6. The number of nitrogens with zero attached hydrogens (tertiary/aromatic N) is 6. The highest BCUT2D eigenvalue weighted by Gasteiger charge is 2.51. The molecular formula is C44H60BBrN6O4. The van der Waals surface area contributed by atoms with Crippen LogP contribution in [0.2, 0.25) is 0 Å². The van der Waals surface area contributed by atoms with Gasteiger partial charge in [0.05, 0.1) is 58.6 Å². The van der Waals surface area contributed by atoms with Gasteiger partial charge in [-0.2, -0.15) is 0 Å². The SMILES string of the molecule is CC(C)C(O)c1ccc(N2CCN(c3ccc(B4OC(C)(C)C(C)(C)O4)cc3)CC2)cn1.CC(C)C(O)c1ccc(N2CCN(c3ccc(Br)cc3)CC2)cn1. The summed E-state index contributed by atoms with van der Waals surface area (Å²) in [6.45, 7) is 24.0. The van der Waals surface area contributed by atoms with Gasteiger partial charge in [-0.15, -0.1) is 0 Å². The zero-order valence-corrected chi connectivity index (χ0v) is 36.0. The summed E-state index contributed by atoms with van der Waals surface area (Å²) < 4.78 is 13.5. The molecule has 0 bridgehead atoms. The molecule has 2 N–H and O–H groups in total. The molecule has 0 spiro atoms. The molecule has 0 aliphatic carbocycles. The highest BCUT2D eigenvalue weighted by atomic mass is 79.9. The molecule has 2 unspecified atom stereocenters. The van der Waals surface area contributed by atoms with E-state index in [0.29, 0.717) is 0 Å². The van der Waals surface area contributed by atoms with Crippen molar-refractivity contribution in [2.45, 2.75) is 78.8 Å². The summed E-state index contributed by atoms with van der Waals surface area (Å²) in [5.74, 6) is 0.339. The number of benzene rings is 2. The second-order valence-corrected chi connectivity index (χ2v) is 17.8. The van der Waals surface area contributed by atoms with Gasteiger partial charge in [0.15, 0.2) is 0 Å². The summed E-state index contributed by atoms with van der Waals surface area (Å²) in [7, 11) is -0.324. The molecule has 0 amide bonds. The summed E-state index contributed by atoms with van der Waals surface area (Å²) >= 11 is 3.48. The van der Waals surface area contributed by atoms with Crippen LogP contribution in [-0.2, 0) is 9.31 Å². The van der Waals surface area contributed by atoms with E-state index in [-0.39, 0.29) is 30.2 Å². The van der Waals surface area contributed by atoms with Crippen LogP contribution in [0.5, 0.6) is 0 Å². The van der Waals surface area contributed by atoms with Gasteiger partial charge in [0.1, 0.15) is 0 Å². The fraction of sp³-hybridized carbons (Fsp3) is 0.500. The molecule has 12 heteroatoms. The van der Waals surface area contributed by atoms with E-state index < -0.39 is 12.2 Å². The molecule has 7 rings (SSSR count). The van der Waals surface area contributed by atoms with Crippen molar-refractivity contribution in [2.75, 3.05) is 72.0 Å². The number of hydrogen-bond acceptors (Lipinski definition) is 10.